The molecule has 0 fully saturated rings. The minimum Gasteiger partial charge on any atom is -0.138 e. The van der Waals surface area contributed by atoms with E-state index in [4.69, 9.17) is 23.2 Å². The molecule has 0 aliphatic rings. The molecule has 0 saturated heterocycles. The molecule has 0 N–H and O–H groups in total. The highest BCUT2D eigenvalue weighted by molar-refractivity contribution is 7.20. The molecule has 0 atom stereocenters. The van der Waals surface area contributed by atoms with E-state index in [-0.39, 0.29) is 5.41 Å². The monoisotopic (exact) mass is 258 g/mol. The summed E-state index contributed by atoms with van der Waals surface area (Å²) >= 11 is 14.2. The van der Waals surface area contributed by atoms with Gasteiger partial charge < -0.3 is 0 Å². The van der Waals surface area contributed by atoms with Crippen LogP contribution in [0, 0.1) is 0 Å². The molecule has 80 valence electrons. The fourth-order valence-electron chi connectivity index (χ4n) is 1.55. The van der Waals surface area contributed by atoms with Crippen LogP contribution in [0.2, 0.25) is 10.0 Å². The molecule has 1 aromatic carbocycles. The molecule has 0 amide bonds. The molecule has 0 saturated carbocycles. The van der Waals surface area contributed by atoms with Crippen LogP contribution in [-0.2, 0) is 5.41 Å². The van der Waals surface area contributed by atoms with Gasteiger partial charge in [0.05, 0.1) is 10.0 Å². The number of rotatable bonds is 0. The maximum Gasteiger partial charge on any atom is 0.0644 e. The Labute approximate surface area is 104 Å². The first kappa shape index (κ1) is 11.3. The van der Waals surface area contributed by atoms with Crippen molar-refractivity contribution in [1.29, 1.82) is 0 Å². The molecular formula is C12H12Cl2S. The number of benzene rings is 1. The van der Waals surface area contributed by atoms with Gasteiger partial charge in [0.2, 0.25) is 0 Å². The van der Waals surface area contributed by atoms with E-state index in [1.165, 1.54) is 4.88 Å². The topological polar surface area (TPSA) is 0 Å². The summed E-state index contributed by atoms with van der Waals surface area (Å²) in [5, 5.41) is 2.55. The predicted octanol–water partition coefficient (Wildman–Crippen LogP) is 5.51. The Morgan fingerprint density at radius 3 is 2.33 bits per heavy atom. The standard InChI is InChI=1S/C12H12Cl2S/c1-12(2,3)11-10(14)9-7(13)5-4-6-8(9)15-11/h4-6H,1-3H3. The van der Waals surface area contributed by atoms with Crippen molar-refractivity contribution >= 4 is 44.6 Å². The molecule has 15 heavy (non-hydrogen) atoms. The van der Waals surface area contributed by atoms with Crippen molar-refractivity contribution in [2.24, 2.45) is 0 Å². The largest absolute Gasteiger partial charge is 0.138 e. The molecule has 0 bridgehead atoms. The average Bonchev–Trinajstić information content (AvgIpc) is 2.44. The van der Waals surface area contributed by atoms with E-state index in [2.05, 4.69) is 26.8 Å². The number of halogens is 2. The lowest BCUT2D eigenvalue weighted by Crippen LogP contribution is -2.08. The van der Waals surface area contributed by atoms with E-state index in [1.807, 2.05) is 12.1 Å². The third kappa shape index (κ3) is 1.89. The summed E-state index contributed by atoms with van der Waals surface area (Å²) in [5.41, 5.74) is 0.0735. The van der Waals surface area contributed by atoms with Crippen molar-refractivity contribution in [1.82, 2.24) is 0 Å². The quantitative estimate of drug-likeness (QED) is 0.585. The van der Waals surface area contributed by atoms with Gasteiger partial charge in [0.25, 0.3) is 0 Å². The molecule has 0 nitrogen and oxygen atoms in total. The third-order valence-corrected chi connectivity index (χ3v) is 4.67. The summed E-state index contributed by atoms with van der Waals surface area (Å²) in [6.07, 6.45) is 0. The summed E-state index contributed by atoms with van der Waals surface area (Å²) in [5.74, 6) is 0. The van der Waals surface area contributed by atoms with Gasteiger partial charge in [-0.3, -0.25) is 0 Å². The second-order valence-electron chi connectivity index (χ2n) is 4.61. The van der Waals surface area contributed by atoms with Crippen LogP contribution in [-0.4, -0.2) is 0 Å². The molecule has 1 aromatic heterocycles. The smallest absolute Gasteiger partial charge is 0.0644 e. The van der Waals surface area contributed by atoms with Crippen molar-refractivity contribution in [2.75, 3.05) is 0 Å². The Morgan fingerprint density at radius 2 is 1.80 bits per heavy atom. The fraction of sp³-hybridized carbons (Fsp3) is 0.333. The summed E-state index contributed by atoms with van der Waals surface area (Å²) in [7, 11) is 0. The zero-order valence-corrected chi connectivity index (χ0v) is 11.2. The second-order valence-corrected chi connectivity index (χ2v) is 6.45. The van der Waals surface area contributed by atoms with Crippen molar-refractivity contribution in [2.45, 2.75) is 26.2 Å². The maximum absolute atomic E-state index is 6.37. The minimum atomic E-state index is 0.0735. The molecule has 0 unspecified atom stereocenters. The van der Waals surface area contributed by atoms with Crippen molar-refractivity contribution in [3.63, 3.8) is 0 Å². The molecular weight excluding hydrogens is 247 g/mol. The summed E-state index contributed by atoms with van der Waals surface area (Å²) in [6, 6.07) is 5.91. The lowest BCUT2D eigenvalue weighted by molar-refractivity contribution is 0.604. The van der Waals surface area contributed by atoms with Crippen LogP contribution >= 0.6 is 34.5 Å². The van der Waals surface area contributed by atoms with E-state index in [0.717, 1.165) is 20.1 Å². The zero-order valence-electron chi connectivity index (χ0n) is 8.90. The number of thiophene rings is 1. The normalized spacial score (nSPS) is 12.3. The Balaban J connectivity index is 2.82. The van der Waals surface area contributed by atoms with Crippen LogP contribution in [0.3, 0.4) is 0 Å². The van der Waals surface area contributed by atoms with E-state index >= 15 is 0 Å². The summed E-state index contributed by atoms with van der Waals surface area (Å²) < 4.78 is 1.16. The van der Waals surface area contributed by atoms with Crippen molar-refractivity contribution in [3.05, 3.63) is 33.1 Å². The number of hydrogen-bond acceptors (Lipinski definition) is 1. The maximum atomic E-state index is 6.37. The Kier molecular flexibility index (Phi) is 2.74. The van der Waals surface area contributed by atoms with E-state index in [9.17, 15) is 0 Å². The van der Waals surface area contributed by atoms with Gasteiger partial charge in [-0.1, -0.05) is 50.0 Å². The van der Waals surface area contributed by atoms with E-state index in [1.54, 1.807) is 11.3 Å². The zero-order chi connectivity index (χ0) is 11.2. The molecule has 2 rings (SSSR count). The highest BCUT2D eigenvalue weighted by Gasteiger charge is 2.22. The highest BCUT2D eigenvalue weighted by atomic mass is 35.5. The second kappa shape index (κ2) is 3.65. The van der Waals surface area contributed by atoms with Crippen LogP contribution in [0.5, 0.6) is 0 Å². The molecule has 0 aliphatic heterocycles. The van der Waals surface area contributed by atoms with Crippen molar-refractivity contribution in [3.8, 4) is 0 Å². The van der Waals surface area contributed by atoms with Gasteiger partial charge in [-0.25, -0.2) is 0 Å². The van der Waals surface area contributed by atoms with Crippen LogP contribution in [0.25, 0.3) is 10.1 Å². The van der Waals surface area contributed by atoms with Gasteiger partial charge in [-0.2, -0.15) is 0 Å². The highest BCUT2D eigenvalue weighted by Crippen LogP contribution is 2.44. The molecule has 3 heteroatoms. The van der Waals surface area contributed by atoms with Crippen LogP contribution < -0.4 is 0 Å². The van der Waals surface area contributed by atoms with Gasteiger partial charge in [-0.05, 0) is 17.5 Å². The Morgan fingerprint density at radius 1 is 1.13 bits per heavy atom. The third-order valence-electron chi connectivity index (χ3n) is 2.29. The summed E-state index contributed by atoms with van der Waals surface area (Å²) in [6.45, 7) is 6.49. The summed E-state index contributed by atoms with van der Waals surface area (Å²) in [4.78, 5) is 1.20. The van der Waals surface area contributed by atoms with Crippen molar-refractivity contribution < 1.29 is 0 Å². The van der Waals surface area contributed by atoms with Crippen LogP contribution in [0.1, 0.15) is 25.6 Å². The first-order valence-electron chi connectivity index (χ1n) is 4.78. The SMILES string of the molecule is CC(C)(C)c1sc2cccc(Cl)c2c1Cl. The molecule has 0 spiro atoms. The Bertz CT molecular complexity index is 506. The Hall–Kier alpha value is -0.240. The lowest BCUT2D eigenvalue weighted by Gasteiger charge is -2.16. The molecule has 2 aromatic rings. The number of hydrogen-bond donors (Lipinski definition) is 0. The van der Waals surface area contributed by atoms with Gasteiger partial charge in [0, 0.05) is 15.0 Å². The molecule has 0 radical (unpaired) electrons. The van der Waals surface area contributed by atoms with Crippen LogP contribution in [0.4, 0.5) is 0 Å². The lowest BCUT2D eigenvalue weighted by atomic mass is 9.94. The van der Waals surface area contributed by atoms with Gasteiger partial charge >= 0.3 is 0 Å². The average molecular weight is 259 g/mol. The molecule has 0 aliphatic carbocycles. The molecule has 1 heterocycles. The first-order chi connectivity index (χ1) is 6.91. The van der Waals surface area contributed by atoms with E-state index < -0.39 is 0 Å². The van der Waals surface area contributed by atoms with Crippen LogP contribution in [0.15, 0.2) is 18.2 Å². The minimum absolute atomic E-state index is 0.0735. The predicted molar refractivity (Wildman–Crippen MR) is 70.5 cm³/mol. The van der Waals surface area contributed by atoms with Gasteiger partial charge in [-0.15, -0.1) is 11.3 Å². The van der Waals surface area contributed by atoms with Gasteiger partial charge in [0.1, 0.15) is 0 Å². The number of fused-ring (bicyclic) bond motifs is 1. The fourth-order valence-corrected chi connectivity index (χ4v) is 3.76. The van der Waals surface area contributed by atoms with Gasteiger partial charge in [0.15, 0.2) is 0 Å². The van der Waals surface area contributed by atoms with E-state index in [0.29, 0.717) is 0 Å². The first-order valence-corrected chi connectivity index (χ1v) is 6.35.